The van der Waals surface area contributed by atoms with Gasteiger partial charge in [0.05, 0.1) is 84.2 Å². The van der Waals surface area contributed by atoms with Crippen molar-refractivity contribution in [2.75, 3.05) is 14.2 Å². The van der Waals surface area contributed by atoms with E-state index in [9.17, 15) is 69.6 Å². The van der Waals surface area contributed by atoms with Crippen LogP contribution in [0.25, 0.3) is 0 Å². The van der Waals surface area contributed by atoms with Crippen molar-refractivity contribution in [3.05, 3.63) is 139 Å². The molecule has 0 amide bonds. The summed E-state index contributed by atoms with van der Waals surface area (Å²) in [6.07, 6.45) is -10.5. The van der Waals surface area contributed by atoms with Crippen LogP contribution in [0.4, 0.5) is 0 Å². The Balaban J connectivity index is 0.00000442. The third kappa shape index (κ3) is 10.6. The number of benzene rings is 5. The van der Waals surface area contributed by atoms with Crippen molar-refractivity contribution in [2.45, 2.75) is 152 Å². The van der Waals surface area contributed by atoms with Gasteiger partial charge in [0.2, 0.25) is 11.6 Å². The number of ether oxygens (including phenoxy) is 6. The summed E-state index contributed by atoms with van der Waals surface area (Å²) in [6, 6.07) is 14.9. The molecule has 22 nitrogen and oxygen atoms in total. The molecular weight excluding hydrogens is 1160 g/mol. The number of Topliss-reactive ketones (excluding diaryl/α,β-unsaturated/α-hetero) is 2. The average molecular weight is 1230 g/mol. The lowest BCUT2D eigenvalue weighted by Crippen LogP contribution is -2.54. The Bertz CT molecular complexity index is 3380. The minimum atomic E-state index is -2.12. The Morgan fingerprint density at radius 3 is 1.23 bits per heavy atom. The number of aromatic hydroxyl groups is 4. The molecular formula is C62H66Cl2N2O20. The highest BCUT2D eigenvalue weighted by Crippen LogP contribution is 2.55. The molecule has 0 saturated carbocycles. The van der Waals surface area contributed by atoms with E-state index < -0.39 is 178 Å². The number of aliphatic hydroxyl groups is 4. The van der Waals surface area contributed by atoms with E-state index in [0.29, 0.717) is 0 Å². The first-order chi connectivity index (χ1) is 39.9. The van der Waals surface area contributed by atoms with E-state index in [-0.39, 0.29) is 107 Å². The average Bonchev–Trinajstić information content (AvgIpc) is 0.789. The van der Waals surface area contributed by atoms with Gasteiger partial charge in [-0.1, -0.05) is 48.5 Å². The maximum Gasteiger partial charge on any atom is 0.202 e. The molecule has 2 saturated heterocycles. The molecule has 458 valence electrons. The summed E-state index contributed by atoms with van der Waals surface area (Å²) in [5.74, 6) is -7.00. The zero-order valence-electron chi connectivity index (χ0n) is 47.5. The number of phenolic OH excluding ortho intramolecular Hbond substituents is 4. The Hall–Kier alpha value is -6.90. The van der Waals surface area contributed by atoms with Gasteiger partial charge in [-0.25, -0.2) is 0 Å². The fraction of sp³-hybridized carbons (Fsp3) is 0.419. The fourth-order valence-corrected chi connectivity index (χ4v) is 12.9. The molecule has 2 aliphatic heterocycles. The highest BCUT2D eigenvalue weighted by molar-refractivity contribution is 6.32. The predicted molar refractivity (Wildman–Crippen MR) is 307 cm³/mol. The maximum absolute atomic E-state index is 14.1. The molecule has 0 aromatic heterocycles. The number of ketones is 6. The van der Waals surface area contributed by atoms with E-state index in [2.05, 4.69) is 10.6 Å². The van der Waals surface area contributed by atoms with Gasteiger partial charge in [-0.3, -0.25) is 28.8 Å². The van der Waals surface area contributed by atoms with E-state index in [1.54, 1.807) is 13.8 Å². The monoisotopic (exact) mass is 1230 g/mol. The smallest absolute Gasteiger partial charge is 0.202 e. The van der Waals surface area contributed by atoms with Crippen molar-refractivity contribution < 1.29 is 98.0 Å². The second kappa shape index (κ2) is 24.0. The summed E-state index contributed by atoms with van der Waals surface area (Å²) in [7, 11) is 2.65. The first kappa shape index (κ1) is 63.6. The van der Waals surface area contributed by atoms with Gasteiger partial charge in [0, 0.05) is 97.1 Å². The minimum absolute atomic E-state index is 0. The van der Waals surface area contributed by atoms with Crippen LogP contribution in [0.2, 0.25) is 0 Å². The van der Waals surface area contributed by atoms with Gasteiger partial charge in [0.1, 0.15) is 45.7 Å². The molecule has 0 spiro atoms. The summed E-state index contributed by atoms with van der Waals surface area (Å²) in [6.45, 7) is 6.11. The second-order valence-electron chi connectivity index (χ2n) is 22.7. The zero-order chi connectivity index (χ0) is 60.2. The number of methoxy groups -OCH3 is 2. The third-order valence-corrected chi connectivity index (χ3v) is 17.7. The summed E-state index contributed by atoms with van der Waals surface area (Å²) >= 11 is 0. The van der Waals surface area contributed by atoms with Crippen LogP contribution < -0.4 is 20.1 Å². The number of hydrogen-bond acceptors (Lipinski definition) is 22. The molecule has 2 fully saturated rings. The molecule has 0 unspecified atom stereocenters. The molecule has 5 aromatic rings. The maximum atomic E-state index is 14.1. The van der Waals surface area contributed by atoms with Crippen LogP contribution in [0.15, 0.2) is 60.7 Å². The van der Waals surface area contributed by atoms with E-state index in [1.807, 2.05) is 24.3 Å². The Labute approximate surface area is 505 Å². The fourth-order valence-electron chi connectivity index (χ4n) is 12.9. The van der Waals surface area contributed by atoms with Crippen LogP contribution in [0, 0.1) is 0 Å². The van der Waals surface area contributed by atoms with Crippen molar-refractivity contribution >= 4 is 59.5 Å². The van der Waals surface area contributed by atoms with Crippen LogP contribution in [-0.4, -0.2) is 150 Å². The van der Waals surface area contributed by atoms with E-state index in [1.165, 1.54) is 50.6 Å². The Morgan fingerprint density at radius 2 is 0.895 bits per heavy atom. The second-order valence-corrected chi connectivity index (χ2v) is 22.7. The van der Waals surface area contributed by atoms with Gasteiger partial charge in [-0.2, -0.15) is 0 Å². The molecule has 2 heterocycles. The van der Waals surface area contributed by atoms with E-state index in [4.69, 9.17) is 28.4 Å². The van der Waals surface area contributed by atoms with Crippen LogP contribution in [0.3, 0.4) is 0 Å². The molecule has 86 heavy (non-hydrogen) atoms. The number of aliphatic hydroxyl groups excluding tert-OH is 2. The molecule has 6 aliphatic rings. The number of nitrogens with one attached hydrogen (secondary N) is 2. The van der Waals surface area contributed by atoms with Gasteiger partial charge in [-0.15, -0.1) is 24.8 Å². The SMILES string of the molecule is COc1cccc2c1C(=O)c1c(O)c3c(c(O)c1C2=O)C[C@@](O)(C(C)=O)C[C@@H]3O[C@H]1C[C@H](NCc2ccc(CN[C@H]3C[C@H](O[C@H]4C[C@](O)(C(C)=O)Cc5c(O)c6c(c(O)c54)C(=O)c4c(OC)cccc4C6=O)O[C@@H](C)[C@H]3O)cc2)[C@H](O)[C@H](C)O1.Cl.Cl. The molecule has 0 bridgehead atoms. The summed E-state index contributed by atoms with van der Waals surface area (Å²) < 4.78 is 35.9. The number of carbonyl (C=O) groups is 6. The van der Waals surface area contributed by atoms with E-state index >= 15 is 0 Å². The topological polar surface area (TPSA) is 344 Å². The summed E-state index contributed by atoms with van der Waals surface area (Å²) in [5.41, 5.74) is -5.35. The van der Waals surface area contributed by atoms with Crippen LogP contribution in [-0.2, 0) is 54.5 Å². The van der Waals surface area contributed by atoms with Gasteiger partial charge >= 0.3 is 0 Å². The van der Waals surface area contributed by atoms with Crippen LogP contribution in [0.5, 0.6) is 34.5 Å². The first-order valence-corrected chi connectivity index (χ1v) is 27.6. The van der Waals surface area contributed by atoms with Crippen molar-refractivity contribution in [3.8, 4) is 34.5 Å². The van der Waals surface area contributed by atoms with Crippen molar-refractivity contribution in [1.29, 1.82) is 0 Å². The van der Waals surface area contributed by atoms with Gasteiger partial charge in [0.25, 0.3) is 0 Å². The molecule has 4 aliphatic carbocycles. The van der Waals surface area contributed by atoms with Crippen molar-refractivity contribution in [3.63, 3.8) is 0 Å². The minimum Gasteiger partial charge on any atom is -0.507 e. The normalized spacial score (nSPS) is 28.1. The van der Waals surface area contributed by atoms with Gasteiger partial charge in [-0.05, 0) is 51.0 Å². The molecule has 0 radical (unpaired) electrons. The van der Waals surface area contributed by atoms with E-state index in [0.717, 1.165) is 25.0 Å². The number of fused-ring (bicyclic) bond motifs is 6. The van der Waals surface area contributed by atoms with Crippen LogP contribution >= 0.6 is 24.8 Å². The number of phenols is 4. The highest BCUT2D eigenvalue weighted by Gasteiger charge is 2.52. The lowest BCUT2D eigenvalue weighted by Gasteiger charge is -2.43. The number of carbonyl (C=O) groups excluding carboxylic acids is 6. The Morgan fingerprint density at radius 1 is 0.547 bits per heavy atom. The number of rotatable bonds is 14. The standard InChI is InChI=1S/C62H64N2O20.2ClH/c1-25-51(67)35(17-41(81-25)83-39-21-61(77,27(3)65)19-33-45(39)59(75)49-47(55(33)71)53(69)31-9-7-11-37(79-5)43(31)57(49)73)63-23-29-13-15-30(16-14-29)24-64-36-18-42(82-26(2)52(36)68)84-40-22-62(78,28(4)66)20-34-46(40)60(76)50-48(56(34)72)54(70)32-10-8-12-38(80-6)44(32)58(50)74;;/h7-16,25-26,35-36,39-42,51-52,63-64,67-68,71-72,75-78H,17-24H2,1-6H3;2*1H/t25-,26-,35-,36-,39-,40-,41-,42-,51+,52+,61-,62-;;/m0../s1. The molecule has 24 heteroatoms. The predicted octanol–water partition coefficient (Wildman–Crippen LogP) is 4.88. The Kier molecular flexibility index (Phi) is 17.7. The first-order valence-electron chi connectivity index (χ1n) is 27.6. The van der Waals surface area contributed by atoms with Gasteiger partial charge in [0.15, 0.2) is 35.7 Å². The lowest BCUT2D eigenvalue weighted by molar-refractivity contribution is -0.250. The highest BCUT2D eigenvalue weighted by atomic mass is 35.5. The van der Waals surface area contributed by atoms with Crippen molar-refractivity contribution in [2.24, 2.45) is 0 Å². The summed E-state index contributed by atoms with van der Waals surface area (Å²) in [5, 5.41) is 100. The molecule has 10 N–H and O–H groups in total. The zero-order valence-corrected chi connectivity index (χ0v) is 49.1. The number of halogens is 2. The summed E-state index contributed by atoms with van der Waals surface area (Å²) in [4.78, 5) is 82.2. The van der Waals surface area contributed by atoms with Gasteiger partial charge < -0.3 is 79.9 Å². The molecule has 12 atom stereocenters. The number of hydrogen-bond donors (Lipinski definition) is 10. The largest absolute Gasteiger partial charge is 0.507 e. The van der Waals surface area contributed by atoms with Crippen LogP contribution in [0.1, 0.15) is 163 Å². The van der Waals surface area contributed by atoms with Crippen molar-refractivity contribution in [1.82, 2.24) is 10.6 Å². The lowest BCUT2D eigenvalue weighted by atomic mass is 9.72. The molecule has 11 rings (SSSR count). The third-order valence-electron chi connectivity index (χ3n) is 17.7. The quantitative estimate of drug-likeness (QED) is 0.0649. The molecule has 5 aromatic carbocycles.